The molecule has 0 radical (unpaired) electrons. The first-order valence-electron chi connectivity index (χ1n) is 11.5. The fraction of sp³-hybridized carbons (Fsp3) is 0.560. The fourth-order valence-electron chi connectivity index (χ4n) is 5.32. The molecule has 4 nitrogen and oxygen atoms in total. The van der Waals surface area contributed by atoms with Crippen LogP contribution in [0.4, 0.5) is 0 Å². The molecule has 1 aromatic carbocycles. The van der Waals surface area contributed by atoms with E-state index in [0.29, 0.717) is 5.92 Å². The summed E-state index contributed by atoms with van der Waals surface area (Å²) >= 11 is 1.66. The molecular weight excluding hydrogens is 390 g/mol. The topological polar surface area (TPSA) is 26.8 Å². The summed E-state index contributed by atoms with van der Waals surface area (Å²) in [6.07, 6.45) is 4.82. The first kappa shape index (κ1) is 20.2. The molecule has 3 aliphatic rings. The van der Waals surface area contributed by atoms with Crippen LogP contribution in [0.1, 0.15) is 52.4 Å². The number of piperidine rings is 1. The van der Waals surface area contributed by atoms with Crippen LogP contribution in [0.5, 0.6) is 0 Å². The number of carbonyl (C=O) groups excluding carboxylic acids is 1. The molecule has 4 heterocycles. The summed E-state index contributed by atoms with van der Waals surface area (Å²) in [6, 6.07) is 12.2. The standard InChI is InChI=1S/C25H33N3OS/c1-18-15-23(30-24(18)25(29)28-11-3-4-12-28)21-7-5-19(6-8-21)20-9-13-27(14-10-20)22-16-26(2)17-22/h5-8,15,20,22H,3-4,9-14,16-17H2,1-2H3. The van der Waals surface area contributed by atoms with E-state index in [1.165, 1.54) is 55.0 Å². The summed E-state index contributed by atoms with van der Waals surface area (Å²) in [5.41, 5.74) is 3.83. The largest absolute Gasteiger partial charge is 0.338 e. The third-order valence-electron chi connectivity index (χ3n) is 7.26. The predicted molar refractivity (Wildman–Crippen MR) is 124 cm³/mol. The first-order valence-corrected chi connectivity index (χ1v) is 12.3. The van der Waals surface area contributed by atoms with Crippen molar-refractivity contribution in [1.29, 1.82) is 0 Å². The number of hydrogen-bond donors (Lipinski definition) is 0. The quantitative estimate of drug-likeness (QED) is 0.727. The zero-order valence-corrected chi connectivity index (χ0v) is 19.1. The Balaban J connectivity index is 1.23. The molecule has 0 bridgehead atoms. The zero-order chi connectivity index (χ0) is 20.7. The molecule has 0 aliphatic carbocycles. The highest BCUT2D eigenvalue weighted by Crippen LogP contribution is 2.35. The summed E-state index contributed by atoms with van der Waals surface area (Å²) in [4.78, 5) is 22.1. The van der Waals surface area contributed by atoms with Gasteiger partial charge in [-0.2, -0.15) is 0 Å². The lowest BCUT2D eigenvalue weighted by Crippen LogP contribution is -2.59. The first-order chi connectivity index (χ1) is 14.6. The van der Waals surface area contributed by atoms with E-state index in [1.54, 1.807) is 11.3 Å². The Morgan fingerprint density at radius 1 is 1.00 bits per heavy atom. The van der Waals surface area contributed by atoms with E-state index in [4.69, 9.17) is 0 Å². The van der Waals surface area contributed by atoms with Crippen molar-refractivity contribution in [3.05, 3.63) is 46.3 Å². The molecule has 1 amide bonds. The minimum absolute atomic E-state index is 0.224. The normalized spacial score (nSPS) is 21.9. The van der Waals surface area contributed by atoms with Crippen molar-refractivity contribution >= 4 is 17.2 Å². The van der Waals surface area contributed by atoms with Crippen molar-refractivity contribution in [1.82, 2.24) is 14.7 Å². The zero-order valence-electron chi connectivity index (χ0n) is 18.3. The molecule has 0 unspecified atom stereocenters. The number of likely N-dealkylation sites (N-methyl/N-ethyl adjacent to an activating group) is 1. The monoisotopic (exact) mass is 423 g/mol. The van der Waals surface area contributed by atoms with Gasteiger partial charge in [0, 0.05) is 37.1 Å². The molecule has 160 valence electrons. The maximum atomic E-state index is 12.8. The highest BCUT2D eigenvalue weighted by molar-refractivity contribution is 7.17. The van der Waals surface area contributed by atoms with Gasteiger partial charge in [0.2, 0.25) is 0 Å². The maximum Gasteiger partial charge on any atom is 0.264 e. The van der Waals surface area contributed by atoms with Crippen molar-refractivity contribution in [3.63, 3.8) is 0 Å². The molecule has 3 saturated heterocycles. The second-order valence-corrected chi connectivity index (χ2v) is 10.5. The Morgan fingerprint density at radius 2 is 1.67 bits per heavy atom. The molecule has 5 heteroatoms. The van der Waals surface area contributed by atoms with E-state index in [9.17, 15) is 4.79 Å². The number of amides is 1. The van der Waals surface area contributed by atoms with Crippen LogP contribution in [0.15, 0.2) is 30.3 Å². The molecule has 30 heavy (non-hydrogen) atoms. The van der Waals surface area contributed by atoms with E-state index < -0.39 is 0 Å². The molecule has 5 rings (SSSR count). The van der Waals surface area contributed by atoms with Crippen LogP contribution in [0.3, 0.4) is 0 Å². The van der Waals surface area contributed by atoms with Gasteiger partial charge in [-0.05, 0) is 81.4 Å². The minimum Gasteiger partial charge on any atom is -0.338 e. The Hall–Kier alpha value is -1.69. The van der Waals surface area contributed by atoms with Gasteiger partial charge in [-0.3, -0.25) is 9.69 Å². The average Bonchev–Trinajstić information content (AvgIpc) is 3.41. The molecule has 1 aromatic heterocycles. The van der Waals surface area contributed by atoms with Crippen molar-refractivity contribution in [2.75, 3.05) is 46.3 Å². The van der Waals surface area contributed by atoms with Gasteiger partial charge >= 0.3 is 0 Å². The SMILES string of the molecule is Cc1cc(-c2ccc(C3CCN(C4CN(C)C4)CC3)cc2)sc1C(=O)N1CCCC1. The number of likely N-dealkylation sites (tertiary alicyclic amines) is 3. The number of thiophene rings is 1. The molecule has 3 aliphatic heterocycles. The van der Waals surface area contributed by atoms with Gasteiger partial charge < -0.3 is 9.80 Å². The summed E-state index contributed by atoms with van der Waals surface area (Å²) < 4.78 is 0. The lowest BCUT2D eigenvalue weighted by molar-refractivity contribution is 0.0363. The molecule has 3 fully saturated rings. The molecule has 0 saturated carbocycles. The van der Waals surface area contributed by atoms with Gasteiger partial charge in [0.05, 0.1) is 4.88 Å². The van der Waals surface area contributed by atoms with Crippen molar-refractivity contribution in [2.45, 2.75) is 44.6 Å². The second kappa shape index (κ2) is 8.45. The molecule has 2 aromatic rings. The maximum absolute atomic E-state index is 12.8. The number of aryl methyl sites for hydroxylation is 1. The molecule has 0 spiro atoms. The Kier molecular flexibility index (Phi) is 5.69. The van der Waals surface area contributed by atoms with Crippen LogP contribution >= 0.6 is 11.3 Å². The van der Waals surface area contributed by atoms with Gasteiger partial charge in [0.15, 0.2) is 0 Å². The third kappa shape index (κ3) is 3.95. The summed E-state index contributed by atoms with van der Waals surface area (Å²) in [7, 11) is 2.21. The van der Waals surface area contributed by atoms with E-state index in [2.05, 4.69) is 54.1 Å². The van der Waals surface area contributed by atoms with Crippen LogP contribution in [0.25, 0.3) is 10.4 Å². The van der Waals surface area contributed by atoms with Crippen molar-refractivity contribution in [2.24, 2.45) is 0 Å². The van der Waals surface area contributed by atoms with E-state index in [-0.39, 0.29) is 5.91 Å². The number of carbonyl (C=O) groups is 1. The van der Waals surface area contributed by atoms with E-state index >= 15 is 0 Å². The van der Waals surface area contributed by atoms with Crippen LogP contribution < -0.4 is 0 Å². The Morgan fingerprint density at radius 3 is 2.30 bits per heavy atom. The highest BCUT2D eigenvalue weighted by Gasteiger charge is 2.32. The average molecular weight is 424 g/mol. The van der Waals surface area contributed by atoms with Crippen LogP contribution in [0.2, 0.25) is 0 Å². The number of hydrogen-bond acceptors (Lipinski definition) is 4. The molecule has 0 N–H and O–H groups in total. The van der Waals surface area contributed by atoms with Gasteiger partial charge in [0.1, 0.15) is 0 Å². The van der Waals surface area contributed by atoms with Crippen LogP contribution in [-0.2, 0) is 0 Å². The molecule has 0 atom stereocenters. The summed E-state index contributed by atoms with van der Waals surface area (Å²) in [5.74, 6) is 0.910. The fourth-order valence-corrected chi connectivity index (χ4v) is 6.46. The Bertz CT molecular complexity index is 886. The van der Waals surface area contributed by atoms with Gasteiger partial charge in [-0.25, -0.2) is 0 Å². The minimum atomic E-state index is 0.224. The Labute approximate surface area is 184 Å². The highest BCUT2D eigenvalue weighted by atomic mass is 32.1. The second-order valence-electron chi connectivity index (χ2n) is 9.43. The van der Waals surface area contributed by atoms with Crippen LogP contribution in [0, 0.1) is 6.92 Å². The van der Waals surface area contributed by atoms with E-state index in [0.717, 1.165) is 42.4 Å². The summed E-state index contributed by atoms with van der Waals surface area (Å²) in [6.45, 7) is 8.84. The van der Waals surface area contributed by atoms with Gasteiger partial charge in [0.25, 0.3) is 5.91 Å². The third-order valence-corrected chi connectivity index (χ3v) is 8.54. The lowest BCUT2D eigenvalue weighted by atomic mass is 9.88. The molecular formula is C25H33N3OS. The number of benzene rings is 1. The van der Waals surface area contributed by atoms with Crippen molar-refractivity contribution in [3.8, 4) is 10.4 Å². The van der Waals surface area contributed by atoms with Crippen LogP contribution in [-0.4, -0.2) is 73.0 Å². The smallest absolute Gasteiger partial charge is 0.264 e. The summed E-state index contributed by atoms with van der Waals surface area (Å²) in [5, 5.41) is 0. The van der Waals surface area contributed by atoms with Crippen molar-refractivity contribution < 1.29 is 4.79 Å². The van der Waals surface area contributed by atoms with Gasteiger partial charge in [-0.15, -0.1) is 11.3 Å². The van der Waals surface area contributed by atoms with Gasteiger partial charge in [-0.1, -0.05) is 24.3 Å². The number of nitrogens with zero attached hydrogens (tertiary/aromatic N) is 3. The van der Waals surface area contributed by atoms with E-state index in [1.807, 2.05) is 4.90 Å². The lowest BCUT2D eigenvalue weighted by Gasteiger charge is -2.46. The number of rotatable bonds is 4. The predicted octanol–water partition coefficient (Wildman–Crippen LogP) is 4.45.